The van der Waals surface area contributed by atoms with Crippen LogP contribution in [0.4, 0.5) is 8.78 Å². The molecule has 0 aromatic rings. The van der Waals surface area contributed by atoms with Gasteiger partial charge in [-0.2, -0.15) is 0 Å². The normalized spacial score (nSPS) is 25.5. The van der Waals surface area contributed by atoms with Crippen molar-refractivity contribution in [3.05, 3.63) is 0 Å². The first kappa shape index (κ1) is 22.5. The van der Waals surface area contributed by atoms with Gasteiger partial charge in [0.15, 0.2) is 0 Å². The van der Waals surface area contributed by atoms with E-state index >= 15 is 0 Å². The Morgan fingerprint density at radius 3 is 2.36 bits per heavy atom. The van der Waals surface area contributed by atoms with Crippen LogP contribution in [0.5, 0.6) is 0 Å². The van der Waals surface area contributed by atoms with Crippen LogP contribution < -0.4 is 0 Å². The van der Waals surface area contributed by atoms with E-state index in [1.165, 1.54) is 19.3 Å². The molecule has 2 nitrogen and oxygen atoms in total. The van der Waals surface area contributed by atoms with E-state index in [2.05, 4.69) is 13.8 Å². The lowest BCUT2D eigenvalue weighted by Gasteiger charge is -2.26. The van der Waals surface area contributed by atoms with Gasteiger partial charge in [0, 0.05) is 18.8 Å². The van der Waals surface area contributed by atoms with Crippen molar-refractivity contribution in [1.82, 2.24) is 0 Å². The number of rotatable bonds is 13. The number of hydrogen-bond donors (Lipinski definition) is 1. The van der Waals surface area contributed by atoms with Gasteiger partial charge in [-0.05, 0) is 37.5 Å². The summed E-state index contributed by atoms with van der Waals surface area (Å²) < 4.78 is 27.9. The molecule has 0 aromatic heterocycles. The van der Waals surface area contributed by atoms with Gasteiger partial charge < -0.3 is 5.11 Å². The quantitative estimate of drug-likeness (QED) is 0.400. The number of hydrogen-bond acceptors (Lipinski definition) is 2. The molecule has 1 rings (SSSR count). The minimum absolute atomic E-state index is 0.0214. The standard InChI is InChI=1S/C21H38F2O2/c1-4-6-8-9-10-11-18-17(16(3)15-19(18)24)12-13-20(25)21(22,23)14-7-5-2/h16-18,20,25H,4-15H2,1-3H3/t16-,17+,18-,20?/m1/s1. The number of aliphatic hydroxyl groups excluding tert-OH is 1. The highest BCUT2D eigenvalue weighted by molar-refractivity contribution is 5.83. The van der Waals surface area contributed by atoms with Crippen LogP contribution in [0.1, 0.15) is 97.8 Å². The Hall–Kier alpha value is -0.510. The summed E-state index contributed by atoms with van der Waals surface area (Å²) in [5, 5.41) is 9.94. The summed E-state index contributed by atoms with van der Waals surface area (Å²) in [5.74, 6) is -2.26. The molecule has 0 aliphatic heterocycles. The van der Waals surface area contributed by atoms with Crippen molar-refractivity contribution in [2.45, 2.75) is 110 Å². The van der Waals surface area contributed by atoms with Crippen molar-refractivity contribution >= 4 is 5.78 Å². The molecule has 1 aliphatic rings. The van der Waals surface area contributed by atoms with Crippen molar-refractivity contribution in [2.24, 2.45) is 17.8 Å². The summed E-state index contributed by atoms with van der Waals surface area (Å²) in [6.07, 6.45) is 7.26. The highest BCUT2D eigenvalue weighted by Crippen LogP contribution is 2.41. The molecule has 4 heteroatoms. The van der Waals surface area contributed by atoms with E-state index in [9.17, 15) is 18.7 Å². The molecule has 0 bridgehead atoms. The minimum atomic E-state index is -3.00. The third kappa shape index (κ3) is 7.32. The zero-order chi connectivity index (χ0) is 18.9. The summed E-state index contributed by atoms with van der Waals surface area (Å²) in [7, 11) is 0. The monoisotopic (exact) mass is 360 g/mol. The van der Waals surface area contributed by atoms with Crippen LogP contribution in [0.2, 0.25) is 0 Å². The van der Waals surface area contributed by atoms with E-state index in [1.807, 2.05) is 6.92 Å². The first-order chi connectivity index (χ1) is 11.8. The van der Waals surface area contributed by atoms with Gasteiger partial charge in [-0.3, -0.25) is 4.79 Å². The maximum atomic E-state index is 14.0. The molecule has 1 N–H and O–H groups in total. The molecule has 1 unspecified atom stereocenters. The van der Waals surface area contributed by atoms with Gasteiger partial charge in [-0.1, -0.05) is 59.3 Å². The minimum Gasteiger partial charge on any atom is -0.387 e. The second-order valence-corrected chi connectivity index (χ2v) is 8.08. The zero-order valence-corrected chi connectivity index (χ0v) is 16.4. The molecule has 148 valence electrons. The van der Waals surface area contributed by atoms with E-state index < -0.39 is 12.0 Å². The molecule has 0 radical (unpaired) electrons. The molecule has 0 heterocycles. The van der Waals surface area contributed by atoms with Crippen molar-refractivity contribution < 1.29 is 18.7 Å². The summed E-state index contributed by atoms with van der Waals surface area (Å²) in [5.41, 5.74) is 0. The average Bonchev–Trinajstić information content (AvgIpc) is 2.83. The smallest absolute Gasteiger partial charge is 0.273 e. The molecule has 0 amide bonds. The lowest BCUT2D eigenvalue weighted by molar-refractivity contribution is -0.122. The predicted molar refractivity (Wildman–Crippen MR) is 98.9 cm³/mol. The Morgan fingerprint density at radius 2 is 1.72 bits per heavy atom. The zero-order valence-electron chi connectivity index (χ0n) is 16.4. The fourth-order valence-corrected chi connectivity index (χ4v) is 4.22. The van der Waals surface area contributed by atoms with Gasteiger partial charge in [0.05, 0.1) is 0 Å². The lowest BCUT2D eigenvalue weighted by Crippen LogP contribution is -2.34. The largest absolute Gasteiger partial charge is 0.387 e. The summed E-state index contributed by atoms with van der Waals surface area (Å²) in [6.45, 7) is 6.11. The molecular formula is C21H38F2O2. The predicted octanol–water partition coefficient (Wildman–Crippen LogP) is 6.15. The molecule has 4 atom stereocenters. The van der Waals surface area contributed by atoms with Crippen molar-refractivity contribution in [3.63, 3.8) is 0 Å². The number of carbonyl (C=O) groups is 1. The van der Waals surface area contributed by atoms with Crippen LogP contribution in [0.25, 0.3) is 0 Å². The molecule has 25 heavy (non-hydrogen) atoms. The molecule has 1 fully saturated rings. The van der Waals surface area contributed by atoms with Crippen LogP contribution in [-0.4, -0.2) is 22.9 Å². The number of aliphatic hydroxyl groups is 1. The van der Waals surface area contributed by atoms with Gasteiger partial charge >= 0.3 is 0 Å². The second kappa shape index (κ2) is 11.3. The summed E-state index contributed by atoms with van der Waals surface area (Å²) in [6, 6.07) is 0. The fraction of sp³-hybridized carbons (Fsp3) is 0.952. The number of alkyl halides is 2. The van der Waals surface area contributed by atoms with Gasteiger partial charge in [0.2, 0.25) is 0 Å². The first-order valence-corrected chi connectivity index (χ1v) is 10.4. The van der Waals surface area contributed by atoms with Gasteiger partial charge in [-0.15, -0.1) is 0 Å². The maximum absolute atomic E-state index is 14.0. The van der Waals surface area contributed by atoms with Crippen LogP contribution in [0.15, 0.2) is 0 Å². The first-order valence-electron chi connectivity index (χ1n) is 10.4. The van der Waals surface area contributed by atoms with Crippen LogP contribution in [0, 0.1) is 17.8 Å². The summed E-state index contributed by atoms with van der Waals surface area (Å²) in [4.78, 5) is 12.3. The second-order valence-electron chi connectivity index (χ2n) is 8.08. The van der Waals surface area contributed by atoms with E-state index in [1.54, 1.807) is 0 Å². The van der Waals surface area contributed by atoms with Crippen molar-refractivity contribution in [3.8, 4) is 0 Å². The number of unbranched alkanes of at least 4 members (excludes halogenated alkanes) is 5. The van der Waals surface area contributed by atoms with E-state index in [0.717, 1.165) is 19.3 Å². The number of carbonyl (C=O) groups excluding carboxylic acids is 1. The van der Waals surface area contributed by atoms with Crippen molar-refractivity contribution in [2.75, 3.05) is 0 Å². The highest BCUT2D eigenvalue weighted by Gasteiger charge is 2.42. The van der Waals surface area contributed by atoms with Crippen molar-refractivity contribution in [1.29, 1.82) is 0 Å². The summed E-state index contributed by atoms with van der Waals surface area (Å²) >= 11 is 0. The molecule has 0 spiro atoms. The molecule has 1 saturated carbocycles. The van der Waals surface area contributed by atoms with Gasteiger partial charge in [0.25, 0.3) is 5.92 Å². The third-order valence-electron chi connectivity index (χ3n) is 5.93. The van der Waals surface area contributed by atoms with E-state index in [0.29, 0.717) is 31.5 Å². The van der Waals surface area contributed by atoms with Gasteiger partial charge in [0.1, 0.15) is 11.9 Å². The van der Waals surface area contributed by atoms with Crippen LogP contribution in [0.3, 0.4) is 0 Å². The Kier molecular flexibility index (Phi) is 10.1. The van der Waals surface area contributed by atoms with Crippen LogP contribution in [-0.2, 0) is 4.79 Å². The van der Waals surface area contributed by atoms with Gasteiger partial charge in [-0.25, -0.2) is 8.78 Å². The topological polar surface area (TPSA) is 37.3 Å². The number of Topliss-reactive ketones (excluding diaryl/α,β-unsaturated/α-hetero) is 1. The Balaban J connectivity index is 2.48. The Bertz CT molecular complexity index is 384. The molecule has 1 aliphatic carbocycles. The van der Waals surface area contributed by atoms with Crippen LogP contribution >= 0.6 is 0 Å². The van der Waals surface area contributed by atoms with E-state index in [4.69, 9.17) is 0 Å². The highest BCUT2D eigenvalue weighted by atomic mass is 19.3. The molecule has 0 saturated heterocycles. The molecule has 0 aromatic carbocycles. The lowest BCUT2D eigenvalue weighted by atomic mass is 9.82. The third-order valence-corrected chi connectivity index (χ3v) is 5.93. The Labute approximate surface area is 152 Å². The molecular weight excluding hydrogens is 322 g/mol. The SMILES string of the molecule is CCCCCCC[C@H]1C(=O)C[C@@H](C)[C@@H]1CCC(O)C(F)(F)CCCC. The Morgan fingerprint density at radius 1 is 1.08 bits per heavy atom. The number of ketones is 1. The fourth-order valence-electron chi connectivity index (χ4n) is 4.22. The van der Waals surface area contributed by atoms with E-state index in [-0.39, 0.29) is 30.6 Å². The number of halogens is 2. The average molecular weight is 361 g/mol. The maximum Gasteiger partial charge on any atom is 0.273 e.